The first-order valence-corrected chi connectivity index (χ1v) is 7.18. The van der Waals surface area contributed by atoms with Gasteiger partial charge in [0.2, 0.25) is 0 Å². The maximum absolute atomic E-state index is 9.07. The molecule has 4 heteroatoms. The summed E-state index contributed by atoms with van der Waals surface area (Å²) >= 11 is 5.50. The summed E-state index contributed by atoms with van der Waals surface area (Å²) in [6.07, 6.45) is 3.08. The fourth-order valence-corrected chi connectivity index (χ4v) is 3.27. The highest BCUT2D eigenvalue weighted by molar-refractivity contribution is 7.71. The van der Waals surface area contributed by atoms with E-state index in [1.807, 2.05) is 18.2 Å². The van der Waals surface area contributed by atoms with E-state index in [-0.39, 0.29) is 5.54 Å². The number of hydrogen-bond donors (Lipinski definition) is 1. The van der Waals surface area contributed by atoms with Gasteiger partial charge in [-0.25, -0.2) is 0 Å². The van der Waals surface area contributed by atoms with Crippen LogP contribution in [0.25, 0.3) is 11.0 Å². The molecule has 1 heterocycles. The van der Waals surface area contributed by atoms with Gasteiger partial charge >= 0.3 is 0 Å². The topological polar surface area (TPSA) is 44.5 Å². The van der Waals surface area contributed by atoms with Gasteiger partial charge in [0.15, 0.2) is 4.77 Å². The molecule has 0 atom stereocenters. The molecule has 3 nitrogen and oxygen atoms in total. The van der Waals surface area contributed by atoms with Gasteiger partial charge in [-0.3, -0.25) is 0 Å². The van der Waals surface area contributed by atoms with Crippen molar-refractivity contribution in [3.63, 3.8) is 0 Å². The zero-order chi connectivity index (χ0) is 14.0. The smallest absolute Gasteiger partial charge is 0.178 e. The molecule has 0 spiro atoms. The second kappa shape index (κ2) is 5.18. The molecular weight excluding hydrogens is 254 g/mol. The van der Waals surface area contributed by atoms with Crippen molar-refractivity contribution in [3.05, 3.63) is 28.5 Å². The molecule has 0 radical (unpaired) electrons. The van der Waals surface area contributed by atoms with E-state index in [0.717, 1.165) is 35.1 Å². The van der Waals surface area contributed by atoms with Gasteiger partial charge in [0.25, 0.3) is 0 Å². The Morgan fingerprint density at radius 2 is 1.89 bits per heavy atom. The van der Waals surface area contributed by atoms with Gasteiger partial charge in [-0.15, -0.1) is 0 Å². The Labute approximate surface area is 118 Å². The lowest BCUT2D eigenvalue weighted by Crippen LogP contribution is -2.31. The molecule has 1 aromatic carbocycles. The first kappa shape index (κ1) is 13.8. The van der Waals surface area contributed by atoms with Crippen molar-refractivity contribution in [2.75, 3.05) is 0 Å². The highest BCUT2D eigenvalue weighted by atomic mass is 32.1. The summed E-state index contributed by atoms with van der Waals surface area (Å²) in [7, 11) is 0. The summed E-state index contributed by atoms with van der Waals surface area (Å²) in [5, 5.41) is 9.07. The van der Waals surface area contributed by atoms with Crippen LogP contribution >= 0.6 is 12.2 Å². The van der Waals surface area contributed by atoms with Gasteiger partial charge < -0.3 is 9.55 Å². The molecule has 2 aromatic rings. The Morgan fingerprint density at radius 1 is 1.26 bits per heavy atom. The number of aromatic nitrogens is 2. The van der Waals surface area contributed by atoms with Crippen LogP contribution in [0.2, 0.25) is 0 Å². The Hall–Kier alpha value is -1.60. The number of benzene rings is 1. The van der Waals surface area contributed by atoms with Crippen LogP contribution in [-0.2, 0) is 5.54 Å². The van der Waals surface area contributed by atoms with Gasteiger partial charge in [0, 0.05) is 5.54 Å². The summed E-state index contributed by atoms with van der Waals surface area (Å²) in [6, 6.07) is 7.89. The predicted molar refractivity (Wildman–Crippen MR) is 80.7 cm³/mol. The second-order valence-corrected chi connectivity index (χ2v) is 5.28. The molecule has 1 aromatic heterocycles. The first-order chi connectivity index (χ1) is 9.11. The fraction of sp³-hybridized carbons (Fsp3) is 0.467. The van der Waals surface area contributed by atoms with Crippen molar-refractivity contribution < 1.29 is 0 Å². The molecule has 0 aliphatic carbocycles. The summed E-state index contributed by atoms with van der Waals surface area (Å²) in [5.74, 6) is 0. The normalized spacial score (nSPS) is 11.7. The molecule has 0 fully saturated rings. The average Bonchev–Trinajstić information content (AvgIpc) is 2.78. The molecule has 2 rings (SSSR count). The number of imidazole rings is 1. The summed E-state index contributed by atoms with van der Waals surface area (Å²) < 4.78 is 2.95. The molecule has 0 saturated carbocycles. The molecule has 0 amide bonds. The summed E-state index contributed by atoms with van der Waals surface area (Å²) in [4.78, 5) is 3.25. The highest BCUT2D eigenvalue weighted by Gasteiger charge is 2.28. The number of nitriles is 1. The Morgan fingerprint density at radius 3 is 2.42 bits per heavy atom. The number of aromatic amines is 1. The standard InChI is InChI=1S/C15H19N3S/c1-4-15(5-2,6-3)18-13-9-11(10-16)7-8-12(13)17-14(18)19/h7-9H,4-6H2,1-3H3,(H,17,19). The van der Waals surface area contributed by atoms with Crippen LogP contribution in [0.3, 0.4) is 0 Å². The summed E-state index contributed by atoms with van der Waals surface area (Å²) in [5.41, 5.74) is 2.74. The van der Waals surface area contributed by atoms with Crippen molar-refractivity contribution >= 4 is 23.3 Å². The van der Waals surface area contributed by atoms with Crippen LogP contribution in [0.5, 0.6) is 0 Å². The van der Waals surface area contributed by atoms with Crippen LogP contribution in [0.1, 0.15) is 45.6 Å². The van der Waals surface area contributed by atoms with Crippen LogP contribution in [0, 0.1) is 16.1 Å². The lowest BCUT2D eigenvalue weighted by atomic mass is 9.89. The molecule has 0 bridgehead atoms. The Kier molecular flexibility index (Phi) is 3.77. The SMILES string of the molecule is CCC(CC)(CC)n1c(=S)[nH]c2ccc(C#N)cc21. The minimum absolute atomic E-state index is 0.0312. The Bertz CT molecular complexity index is 675. The van der Waals surface area contributed by atoms with E-state index in [1.165, 1.54) is 0 Å². The lowest BCUT2D eigenvalue weighted by Gasteiger charge is -2.33. The van der Waals surface area contributed by atoms with Crippen molar-refractivity contribution in [2.24, 2.45) is 0 Å². The molecule has 1 N–H and O–H groups in total. The highest BCUT2D eigenvalue weighted by Crippen LogP contribution is 2.33. The number of nitrogens with zero attached hydrogens (tertiary/aromatic N) is 2. The quantitative estimate of drug-likeness (QED) is 0.834. The van der Waals surface area contributed by atoms with Crippen molar-refractivity contribution in [3.8, 4) is 6.07 Å². The van der Waals surface area contributed by atoms with Crippen LogP contribution in [0.15, 0.2) is 18.2 Å². The molecular formula is C15H19N3S. The molecule has 0 aliphatic rings. The number of rotatable bonds is 4. The number of nitrogens with one attached hydrogen (secondary N) is 1. The third-order valence-corrected chi connectivity index (χ3v) is 4.55. The fourth-order valence-electron chi connectivity index (χ4n) is 2.87. The molecule has 19 heavy (non-hydrogen) atoms. The van der Waals surface area contributed by atoms with Crippen molar-refractivity contribution in [1.29, 1.82) is 5.26 Å². The lowest BCUT2D eigenvalue weighted by molar-refractivity contribution is 0.255. The van der Waals surface area contributed by atoms with Gasteiger partial charge in [-0.1, -0.05) is 20.8 Å². The van der Waals surface area contributed by atoms with E-state index < -0.39 is 0 Å². The third kappa shape index (κ3) is 2.08. The van der Waals surface area contributed by atoms with E-state index in [0.29, 0.717) is 5.56 Å². The number of H-pyrrole nitrogens is 1. The number of fused-ring (bicyclic) bond motifs is 1. The first-order valence-electron chi connectivity index (χ1n) is 6.77. The minimum Gasteiger partial charge on any atom is -0.331 e. The van der Waals surface area contributed by atoms with Crippen molar-refractivity contribution in [1.82, 2.24) is 9.55 Å². The minimum atomic E-state index is 0.0312. The second-order valence-electron chi connectivity index (χ2n) is 4.89. The Balaban J connectivity index is 2.82. The largest absolute Gasteiger partial charge is 0.331 e. The zero-order valence-electron chi connectivity index (χ0n) is 11.7. The van der Waals surface area contributed by atoms with Gasteiger partial charge in [-0.2, -0.15) is 5.26 Å². The number of hydrogen-bond acceptors (Lipinski definition) is 2. The molecule has 0 aliphatic heterocycles. The molecule has 0 unspecified atom stereocenters. The maximum Gasteiger partial charge on any atom is 0.178 e. The summed E-state index contributed by atoms with van der Waals surface area (Å²) in [6.45, 7) is 6.59. The van der Waals surface area contributed by atoms with E-state index >= 15 is 0 Å². The molecule has 100 valence electrons. The van der Waals surface area contributed by atoms with Crippen molar-refractivity contribution in [2.45, 2.75) is 45.6 Å². The van der Waals surface area contributed by atoms with E-state index in [1.54, 1.807) is 0 Å². The third-order valence-electron chi connectivity index (χ3n) is 4.26. The monoisotopic (exact) mass is 273 g/mol. The van der Waals surface area contributed by atoms with Crippen LogP contribution < -0.4 is 0 Å². The maximum atomic E-state index is 9.07. The van der Waals surface area contributed by atoms with E-state index in [4.69, 9.17) is 17.5 Å². The van der Waals surface area contributed by atoms with Gasteiger partial charge in [0.05, 0.1) is 22.7 Å². The van der Waals surface area contributed by atoms with Gasteiger partial charge in [-0.05, 0) is 49.7 Å². The average molecular weight is 273 g/mol. The van der Waals surface area contributed by atoms with E-state index in [2.05, 4.69) is 36.4 Å². The van der Waals surface area contributed by atoms with Crippen LogP contribution in [0.4, 0.5) is 0 Å². The zero-order valence-corrected chi connectivity index (χ0v) is 12.5. The van der Waals surface area contributed by atoms with Crippen LogP contribution in [-0.4, -0.2) is 9.55 Å². The van der Waals surface area contributed by atoms with E-state index in [9.17, 15) is 0 Å². The molecule has 0 saturated heterocycles. The predicted octanol–water partition coefficient (Wildman–Crippen LogP) is 4.50. The van der Waals surface area contributed by atoms with Gasteiger partial charge in [0.1, 0.15) is 0 Å².